The average molecular weight is 454 g/mol. The smallest absolute Gasteiger partial charge is 0.277 e. The average Bonchev–Trinajstić information content (AvgIpc) is 3.27. The number of rotatable bonds is 4. The molecule has 0 bridgehead atoms. The second-order valence-corrected chi connectivity index (χ2v) is 7.29. The van der Waals surface area contributed by atoms with Crippen LogP contribution in [0.5, 0.6) is 0 Å². The minimum atomic E-state index is -1.59. The zero-order valence-corrected chi connectivity index (χ0v) is 17.1. The van der Waals surface area contributed by atoms with E-state index in [1.54, 1.807) is 12.1 Å². The highest BCUT2D eigenvalue weighted by Gasteiger charge is 2.19. The van der Waals surface area contributed by atoms with Crippen LogP contribution in [0.3, 0.4) is 0 Å². The number of pyridine rings is 1. The van der Waals surface area contributed by atoms with Crippen molar-refractivity contribution in [1.29, 1.82) is 0 Å². The van der Waals surface area contributed by atoms with E-state index in [1.807, 2.05) is 6.07 Å². The molecule has 168 valence electrons. The van der Waals surface area contributed by atoms with Gasteiger partial charge in [0.05, 0.1) is 25.1 Å². The summed E-state index contributed by atoms with van der Waals surface area (Å²) in [7, 11) is 0. The molecule has 11 heteroatoms. The van der Waals surface area contributed by atoms with Gasteiger partial charge in [-0.1, -0.05) is 6.07 Å². The van der Waals surface area contributed by atoms with Crippen LogP contribution < -0.4 is 10.2 Å². The molecule has 0 spiro atoms. The van der Waals surface area contributed by atoms with Crippen LogP contribution in [0.1, 0.15) is 10.5 Å². The maximum atomic E-state index is 14.2. The quantitative estimate of drug-likeness (QED) is 0.477. The lowest BCUT2D eigenvalue weighted by Gasteiger charge is -2.27. The number of nitrogens with zero attached hydrogens (tertiary/aromatic N) is 5. The Hall–Kier alpha value is -3.99. The summed E-state index contributed by atoms with van der Waals surface area (Å²) in [4.78, 5) is 23.6. The second kappa shape index (κ2) is 8.51. The number of hydrogen-bond acceptors (Lipinski definition) is 6. The first kappa shape index (κ1) is 20.9. The molecule has 0 saturated carbocycles. The summed E-state index contributed by atoms with van der Waals surface area (Å²) in [6.07, 6.45) is 1.31. The molecular weight excluding hydrogens is 437 g/mol. The number of amides is 1. The van der Waals surface area contributed by atoms with Gasteiger partial charge in [0.25, 0.3) is 5.91 Å². The standard InChI is InChI=1S/C22H17F3N6O2/c23-14-5-4-13(20(24)21(14)25)15-6-7-18-26-12-16(31(18)29-15)22(32)28-17-2-1-3-19(27-17)30-8-10-33-11-9-30/h1-7,12H,8-11H2,(H,27,28,32). The van der Waals surface area contributed by atoms with Gasteiger partial charge in [-0.2, -0.15) is 5.10 Å². The van der Waals surface area contributed by atoms with Crippen molar-refractivity contribution in [2.45, 2.75) is 0 Å². The number of carbonyl (C=O) groups is 1. The van der Waals surface area contributed by atoms with E-state index >= 15 is 0 Å². The number of aromatic nitrogens is 4. The van der Waals surface area contributed by atoms with Crippen molar-refractivity contribution in [2.75, 3.05) is 36.5 Å². The number of hydrogen-bond donors (Lipinski definition) is 1. The lowest BCUT2D eigenvalue weighted by molar-refractivity contribution is 0.102. The summed E-state index contributed by atoms with van der Waals surface area (Å²) < 4.78 is 47.7. The summed E-state index contributed by atoms with van der Waals surface area (Å²) in [5.74, 6) is -3.75. The molecule has 4 heterocycles. The van der Waals surface area contributed by atoms with Gasteiger partial charge in [-0.3, -0.25) is 4.79 Å². The third-order valence-electron chi connectivity index (χ3n) is 5.22. The topological polar surface area (TPSA) is 84.7 Å². The molecule has 0 unspecified atom stereocenters. The first-order valence-corrected chi connectivity index (χ1v) is 10.1. The Morgan fingerprint density at radius 1 is 1.00 bits per heavy atom. The van der Waals surface area contributed by atoms with Crippen LogP contribution >= 0.6 is 0 Å². The Bertz CT molecular complexity index is 1350. The van der Waals surface area contributed by atoms with Crippen LogP contribution in [0, 0.1) is 17.5 Å². The van der Waals surface area contributed by atoms with Gasteiger partial charge in [0.2, 0.25) is 0 Å². The predicted molar refractivity (Wildman–Crippen MR) is 114 cm³/mol. The first-order valence-electron chi connectivity index (χ1n) is 10.1. The van der Waals surface area contributed by atoms with Crippen molar-refractivity contribution < 1.29 is 22.7 Å². The molecule has 3 aromatic heterocycles. The van der Waals surface area contributed by atoms with Gasteiger partial charge in [0.15, 0.2) is 28.8 Å². The minimum Gasteiger partial charge on any atom is -0.378 e. The Labute approximate surface area is 185 Å². The van der Waals surface area contributed by atoms with Crippen molar-refractivity contribution in [2.24, 2.45) is 0 Å². The maximum absolute atomic E-state index is 14.2. The summed E-state index contributed by atoms with van der Waals surface area (Å²) in [5.41, 5.74) is 0.157. The van der Waals surface area contributed by atoms with Gasteiger partial charge in [0, 0.05) is 18.7 Å². The molecule has 0 aliphatic carbocycles. The summed E-state index contributed by atoms with van der Waals surface area (Å²) >= 11 is 0. The molecule has 33 heavy (non-hydrogen) atoms. The van der Waals surface area contributed by atoms with Gasteiger partial charge in [-0.05, 0) is 36.4 Å². The zero-order valence-electron chi connectivity index (χ0n) is 17.1. The van der Waals surface area contributed by atoms with E-state index in [2.05, 4.69) is 25.3 Å². The van der Waals surface area contributed by atoms with E-state index < -0.39 is 23.4 Å². The highest BCUT2D eigenvalue weighted by atomic mass is 19.2. The normalized spacial score (nSPS) is 14.0. The molecule has 1 aromatic carbocycles. The van der Waals surface area contributed by atoms with E-state index in [0.717, 1.165) is 12.1 Å². The van der Waals surface area contributed by atoms with E-state index in [-0.39, 0.29) is 17.0 Å². The van der Waals surface area contributed by atoms with Crippen LogP contribution in [0.4, 0.5) is 24.8 Å². The number of imidazole rings is 1. The van der Waals surface area contributed by atoms with E-state index in [0.29, 0.717) is 43.6 Å². The lowest BCUT2D eigenvalue weighted by Crippen LogP contribution is -2.36. The van der Waals surface area contributed by atoms with E-state index in [4.69, 9.17) is 4.74 Å². The van der Waals surface area contributed by atoms with Crippen molar-refractivity contribution in [1.82, 2.24) is 19.6 Å². The molecule has 1 saturated heterocycles. The van der Waals surface area contributed by atoms with Crippen LogP contribution in [0.2, 0.25) is 0 Å². The van der Waals surface area contributed by atoms with Gasteiger partial charge in [-0.15, -0.1) is 0 Å². The van der Waals surface area contributed by atoms with Crippen LogP contribution in [0.25, 0.3) is 16.9 Å². The Kier molecular flexibility index (Phi) is 5.38. The fourth-order valence-corrected chi connectivity index (χ4v) is 3.54. The largest absolute Gasteiger partial charge is 0.378 e. The van der Waals surface area contributed by atoms with Crippen molar-refractivity contribution >= 4 is 23.2 Å². The number of fused-ring (bicyclic) bond motifs is 1. The van der Waals surface area contributed by atoms with Gasteiger partial charge < -0.3 is 15.0 Å². The fourth-order valence-electron chi connectivity index (χ4n) is 3.54. The lowest BCUT2D eigenvalue weighted by atomic mass is 10.1. The maximum Gasteiger partial charge on any atom is 0.277 e. The highest BCUT2D eigenvalue weighted by molar-refractivity contribution is 6.03. The SMILES string of the molecule is O=C(Nc1cccc(N2CCOCC2)n1)c1cnc2ccc(-c3ccc(F)c(F)c3F)nn12. The molecule has 4 aromatic rings. The Balaban J connectivity index is 1.44. The third kappa shape index (κ3) is 3.98. The molecule has 5 rings (SSSR count). The van der Waals surface area contributed by atoms with Gasteiger partial charge in [-0.25, -0.2) is 27.7 Å². The van der Waals surface area contributed by atoms with Crippen molar-refractivity contribution in [3.63, 3.8) is 0 Å². The number of morpholine rings is 1. The predicted octanol–water partition coefficient (Wildman–Crippen LogP) is 3.30. The van der Waals surface area contributed by atoms with Gasteiger partial charge >= 0.3 is 0 Å². The zero-order chi connectivity index (χ0) is 22.9. The van der Waals surface area contributed by atoms with Gasteiger partial charge in [0.1, 0.15) is 11.6 Å². The second-order valence-electron chi connectivity index (χ2n) is 7.29. The molecule has 1 fully saturated rings. The monoisotopic (exact) mass is 454 g/mol. The highest BCUT2D eigenvalue weighted by Crippen LogP contribution is 2.25. The molecule has 1 N–H and O–H groups in total. The van der Waals surface area contributed by atoms with E-state index in [9.17, 15) is 18.0 Å². The Morgan fingerprint density at radius 2 is 1.82 bits per heavy atom. The van der Waals surface area contributed by atoms with Crippen molar-refractivity contribution in [3.05, 3.63) is 71.8 Å². The molecule has 1 aliphatic heterocycles. The summed E-state index contributed by atoms with van der Waals surface area (Å²) in [5, 5.41) is 6.92. The van der Waals surface area contributed by atoms with Crippen LogP contribution in [-0.4, -0.2) is 51.8 Å². The molecule has 8 nitrogen and oxygen atoms in total. The number of benzene rings is 1. The number of ether oxygens (including phenoxy) is 1. The summed E-state index contributed by atoms with van der Waals surface area (Å²) in [6.45, 7) is 2.61. The number of halogens is 3. The molecule has 1 amide bonds. The summed E-state index contributed by atoms with van der Waals surface area (Å²) in [6, 6.07) is 10.1. The minimum absolute atomic E-state index is 0.0124. The van der Waals surface area contributed by atoms with Crippen LogP contribution in [-0.2, 0) is 4.74 Å². The van der Waals surface area contributed by atoms with Crippen LogP contribution in [0.15, 0.2) is 48.7 Å². The number of anilines is 2. The number of nitrogens with one attached hydrogen (secondary N) is 1. The Morgan fingerprint density at radius 3 is 2.64 bits per heavy atom. The molecule has 0 radical (unpaired) electrons. The first-order chi connectivity index (χ1) is 16.0. The fraction of sp³-hybridized carbons (Fsp3) is 0.182. The molecule has 1 aliphatic rings. The van der Waals surface area contributed by atoms with Crippen molar-refractivity contribution in [3.8, 4) is 11.3 Å². The molecule has 0 atom stereocenters. The van der Waals surface area contributed by atoms with E-state index in [1.165, 1.54) is 22.8 Å². The molecular formula is C22H17F3N6O2. The third-order valence-corrected chi connectivity index (χ3v) is 5.22. The number of carbonyl (C=O) groups excluding carboxylic acids is 1.